The molecule has 1 saturated carbocycles. The molecule has 2 atom stereocenters. The topological polar surface area (TPSA) is 63.7 Å². The van der Waals surface area contributed by atoms with Gasteiger partial charge in [0.15, 0.2) is 0 Å². The molecule has 29 heavy (non-hydrogen) atoms. The molecule has 1 N–H and O–H groups in total. The minimum atomic E-state index is -0.195. The second-order valence-electron chi connectivity index (χ2n) is 7.86. The molecule has 2 fully saturated rings. The average molecular weight is 396 g/mol. The summed E-state index contributed by atoms with van der Waals surface area (Å²) in [6.45, 7) is 1.92. The molecule has 0 bridgehead atoms. The molecular formula is C23H29N3O3. The summed E-state index contributed by atoms with van der Waals surface area (Å²) in [5.74, 6) is 1.32. The standard InChI is InChI=1S/C23H29N3O3/c1-28-20-9-5-17(6-10-20)13-19-8-7-18(15-24-19)21-14-22(21)25-16-29-23(27)26-11-3-2-4-12-26/h5-10,15,21-22,25H,2-4,11-14,16H2,1H3. The van der Waals surface area contributed by atoms with Crippen molar-refractivity contribution in [2.24, 2.45) is 0 Å². The molecule has 1 aromatic heterocycles. The zero-order valence-corrected chi connectivity index (χ0v) is 17.0. The number of nitrogens with one attached hydrogen (secondary N) is 1. The van der Waals surface area contributed by atoms with Crippen LogP contribution in [0.1, 0.15) is 48.4 Å². The van der Waals surface area contributed by atoms with Crippen LogP contribution in [-0.4, -0.2) is 48.9 Å². The molecule has 6 nitrogen and oxygen atoms in total. The molecule has 2 aromatic rings. The number of nitrogens with zero attached hydrogens (tertiary/aromatic N) is 2. The van der Waals surface area contributed by atoms with Gasteiger partial charge in [-0.15, -0.1) is 0 Å². The number of hydrogen-bond acceptors (Lipinski definition) is 5. The molecular weight excluding hydrogens is 366 g/mol. The average Bonchev–Trinajstić information content (AvgIpc) is 3.55. The van der Waals surface area contributed by atoms with Gasteiger partial charge in [-0.2, -0.15) is 0 Å². The van der Waals surface area contributed by atoms with Crippen LogP contribution in [0.15, 0.2) is 42.6 Å². The van der Waals surface area contributed by atoms with E-state index in [0.717, 1.165) is 50.2 Å². The molecule has 154 valence electrons. The molecule has 1 saturated heterocycles. The van der Waals surface area contributed by atoms with Crippen LogP contribution in [0.3, 0.4) is 0 Å². The van der Waals surface area contributed by atoms with Crippen molar-refractivity contribution >= 4 is 6.09 Å². The summed E-state index contributed by atoms with van der Waals surface area (Å²) in [4.78, 5) is 18.5. The third-order valence-electron chi connectivity index (χ3n) is 5.77. The predicted octanol–water partition coefficient (Wildman–Crippen LogP) is 3.71. The van der Waals surface area contributed by atoms with Crippen LogP contribution in [0.5, 0.6) is 5.75 Å². The van der Waals surface area contributed by atoms with E-state index >= 15 is 0 Å². The van der Waals surface area contributed by atoms with E-state index in [-0.39, 0.29) is 12.8 Å². The first kappa shape index (κ1) is 19.7. The van der Waals surface area contributed by atoms with Gasteiger partial charge in [-0.25, -0.2) is 4.79 Å². The van der Waals surface area contributed by atoms with Gasteiger partial charge in [0.25, 0.3) is 0 Å². The number of benzene rings is 1. The molecule has 2 aliphatic rings. The van der Waals surface area contributed by atoms with Crippen LogP contribution in [0.4, 0.5) is 4.79 Å². The van der Waals surface area contributed by atoms with E-state index < -0.39 is 0 Å². The summed E-state index contributed by atoms with van der Waals surface area (Å²) >= 11 is 0. The van der Waals surface area contributed by atoms with Crippen LogP contribution in [0.25, 0.3) is 0 Å². The van der Waals surface area contributed by atoms with Gasteiger partial charge in [0, 0.05) is 43.4 Å². The zero-order chi connectivity index (χ0) is 20.1. The summed E-state index contributed by atoms with van der Waals surface area (Å²) in [7, 11) is 1.67. The van der Waals surface area contributed by atoms with Crippen LogP contribution in [0, 0.1) is 0 Å². The van der Waals surface area contributed by atoms with Crippen molar-refractivity contribution in [3.63, 3.8) is 0 Å². The monoisotopic (exact) mass is 395 g/mol. The van der Waals surface area contributed by atoms with E-state index in [1.54, 1.807) is 12.0 Å². The maximum atomic E-state index is 12.0. The summed E-state index contributed by atoms with van der Waals surface area (Å²) in [6.07, 6.45) is 7.01. The quantitative estimate of drug-likeness (QED) is 0.724. The van der Waals surface area contributed by atoms with E-state index in [0.29, 0.717) is 12.0 Å². The number of aromatic nitrogens is 1. The van der Waals surface area contributed by atoms with E-state index in [1.807, 2.05) is 18.3 Å². The highest BCUT2D eigenvalue weighted by Crippen LogP contribution is 2.40. The van der Waals surface area contributed by atoms with Crippen molar-refractivity contribution in [3.8, 4) is 5.75 Å². The number of carbonyl (C=O) groups is 1. The highest BCUT2D eigenvalue weighted by molar-refractivity contribution is 5.67. The Morgan fingerprint density at radius 1 is 1.14 bits per heavy atom. The molecule has 2 unspecified atom stereocenters. The van der Waals surface area contributed by atoms with Gasteiger partial charge in [-0.3, -0.25) is 10.3 Å². The van der Waals surface area contributed by atoms with Gasteiger partial charge in [-0.1, -0.05) is 18.2 Å². The summed E-state index contributed by atoms with van der Waals surface area (Å²) in [6, 6.07) is 12.7. The van der Waals surface area contributed by atoms with Crippen molar-refractivity contribution in [1.29, 1.82) is 0 Å². The zero-order valence-electron chi connectivity index (χ0n) is 17.0. The van der Waals surface area contributed by atoms with E-state index in [4.69, 9.17) is 9.47 Å². The number of methoxy groups -OCH3 is 1. The van der Waals surface area contributed by atoms with Gasteiger partial charge >= 0.3 is 6.09 Å². The number of piperidine rings is 1. The SMILES string of the molecule is COc1ccc(Cc2ccc(C3CC3NCOC(=O)N3CCCCC3)cn2)cc1. The van der Waals surface area contributed by atoms with Crippen molar-refractivity contribution in [1.82, 2.24) is 15.2 Å². The van der Waals surface area contributed by atoms with E-state index in [1.165, 1.54) is 17.5 Å². The number of hydrogen-bond donors (Lipinski definition) is 1. The van der Waals surface area contributed by atoms with Crippen molar-refractivity contribution in [2.75, 3.05) is 26.9 Å². The molecule has 0 radical (unpaired) electrons. The molecule has 1 amide bonds. The van der Waals surface area contributed by atoms with Crippen molar-refractivity contribution in [3.05, 3.63) is 59.4 Å². The van der Waals surface area contributed by atoms with Gasteiger partial charge in [0.1, 0.15) is 12.5 Å². The van der Waals surface area contributed by atoms with Crippen LogP contribution >= 0.6 is 0 Å². The summed E-state index contributed by atoms with van der Waals surface area (Å²) in [5.41, 5.74) is 3.51. The summed E-state index contributed by atoms with van der Waals surface area (Å²) < 4.78 is 10.6. The molecule has 4 rings (SSSR count). The van der Waals surface area contributed by atoms with Crippen LogP contribution in [0.2, 0.25) is 0 Å². The lowest BCUT2D eigenvalue weighted by Crippen LogP contribution is -2.38. The van der Waals surface area contributed by atoms with Gasteiger partial charge in [0.05, 0.1) is 7.11 Å². The number of ether oxygens (including phenoxy) is 2. The Morgan fingerprint density at radius 2 is 1.93 bits per heavy atom. The third-order valence-corrected chi connectivity index (χ3v) is 5.77. The molecule has 1 aromatic carbocycles. The molecule has 1 aliphatic carbocycles. The maximum absolute atomic E-state index is 12.0. The van der Waals surface area contributed by atoms with Crippen molar-refractivity contribution < 1.29 is 14.3 Å². The second kappa shape index (κ2) is 9.27. The van der Waals surface area contributed by atoms with Crippen LogP contribution < -0.4 is 10.1 Å². The first-order valence-corrected chi connectivity index (χ1v) is 10.5. The normalized spacial score (nSPS) is 20.9. The minimum absolute atomic E-state index is 0.195. The Bertz CT molecular complexity index is 801. The fraction of sp³-hybridized carbons (Fsp3) is 0.478. The number of carbonyl (C=O) groups excluding carboxylic acids is 1. The third kappa shape index (κ3) is 5.26. The van der Waals surface area contributed by atoms with Crippen molar-refractivity contribution in [2.45, 2.75) is 44.1 Å². The largest absolute Gasteiger partial charge is 0.497 e. The lowest BCUT2D eigenvalue weighted by Gasteiger charge is -2.25. The highest BCUT2D eigenvalue weighted by atomic mass is 16.6. The van der Waals surface area contributed by atoms with E-state index in [9.17, 15) is 4.79 Å². The molecule has 1 aliphatic heterocycles. The number of rotatable bonds is 7. The Hall–Kier alpha value is -2.60. The number of amides is 1. The van der Waals surface area contributed by atoms with Crippen LogP contribution in [-0.2, 0) is 11.2 Å². The number of likely N-dealkylation sites (tertiary alicyclic amines) is 1. The predicted molar refractivity (Wildman–Crippen MR) is 111 cm³/mol. The first-order chi connectivity index (χ1) is 14.2. The maximum Gasteiger partial charge on any atom is 0.411 e. The van der Waals surface area contributed by atoms with Gasteiger partial charge in [-0.05, 0) is 55.0 Å². The fourth-order valence-electron chi connectivity index (χ4n) is 3.88. The van der Waals surface area contributed by atoms with Gasteiger partial charge in [0.2, 0.25) is 0 Å². The lowest BCUT2D eigenvalue weighted by atomic mass is 10.1. The molecule has 0 spiro atoms. The summed E-state index contributed by atoms with van der Waals surface area (Å²) in [5, 5.41) is 3.33. The Kier molecular flexibility index (Phi) is 6.30. The molecule has 6 heteroatoms. The first-order valence-electron chi connectivity index (χ1n) is 10.5. The number of pyridine rings is 1. The Morgan fingerprint density at radius 3 is 2.62 bits per heavy atom. The Labute approximate surface area is 172 Å². The van der Waals surface area contributed by atoms with Gasteiger partial charge < -0.3 is 14.4 Å². The lowest BCUT2D eigenvalue weighted by molar-refractivity contribution is 0.0879. The second-order valence-corrected chi connectivity index (χ2v) is 7.86. The smallest absolute Gasteiger partial charge is 0.411 e. The minimum Gasteiger partial charge on any atom is -0.497 e. The molecule has 2 heterocycles. The highest BCUT2D eigenvalue weighted by Gasteiger charge is 2.38. The van der Waals surface area contributed by atoms with E-state index in [2.05, 4.69) is 34.6 Å². The Balaban J connectivity index is 1.20. The fourth-order valence-corrected chi connectivity index (χ4v) is 3.88.